The van der Waals surface area contributed by atoms with Crippen LogP contribution in [0.15, 0.2) is 0 Å². The van der Waals surface area contributed by atoms with Gasteiger partial charge in [-0.25, -0.2) is 0 Å². The van der Waals surface area contributed by atoms with Crippen molar-refractivity contribution in [1.29, 1.82) is 0 Å². The molecular formula is C10H23BN2O2. The van der Waals surface area contributed by atoms with Crippen LogP contribution in [0.3, 0.4) is 0 Å². The molecule has 1 rings (SSSR count). The van der Waals surface area contributed by atoms with Crippen LogP contribution in [0.25, 0.3) is 0 Å². The van der Waals surface area contributed by atoms with Crippen molar-refractivity contribution in [1.82, 2.24) is 5.32 Å². The first-order chi connectivity index (χ1) is 7.18. The highest BCUT2D eigenvalue weighted by Gasteiger charge is 2.17. The normalized spacial score (nSPS) is 23.0. The van der Waals surface area contributed by atoms with Gasteiger partial charge in [0.05, 0.1) is 0 Å². The van der Waals surface area contributed by atoms with E-state index in [1.807, 2.05) is 0 Å². The largest absolute Gasteiger partial charge is 0.451 e. The second kappa shape index (κ2) is 7.22. The van der Waals surface area contributed by atoms with Gasteiger partial charge in [0.25, 0.3) is 0 Å². The minimum Gasteiger partial charge on any atom is -0.427 e. The second-order valence-electron chi connectivity index (χ2n) is 4.55. The van der Waals surface area contributed by atoms with Crippen LogP contribution in [0.2, 0.25) is 6.32 Å². The van der Waals surface area contributed by atoms with Gasteiger partial charge in [-0.15, -0.1) is 0 Å². The average Bonchev–Trinajstić information content (AvgIpc) is 2.64. The fourth-order valence-corrected chi connectivity index (χ4v) is 2.17. The Morgan fingerprint density at radius 2 is 2.20 bits per heavy atom. The Kier molecular flexibility index (Phi) is 6.25. The molecular weight excluding hydrogens is 191 g/mol. The van der Waals surface area contributed by atoms with Gasteiger partial charge in [-0.05, 0) is 38.5 Å². The zero-order valence-electron chi connectivity index (χ0n) is 9.36. The van der Waals surface area contributed by atoms with Crippen LogP contribution in [-0.4, -0.2) is 35.8 Å². The summed E-state index contributed by atoms with van der Waals surface area (Å²) in [6, 6.07) is 0.875. The van der Waals surface area contributed by atoms with Crippen LogP contribution in [0.5, 0.6) is 0 Å². The Morgan fingerprint density at radius 3 is 2.80 bits per heavy atom. The molecule has 0 aromatic heterocycles. The van der Waals surface area contributed by atoms with Crippen molar-refractivity contribution in [2.75, 3.05) is 6.54 Å². The van der Waals surface area contributed by atoms with Crippen molar-refractivity contribution in [3.05, 3.63) is 0 Å². The van der Waals surface area contributed by atoms with Crippen LogP contribution in [0.4, 0.5) is 0 Å². The topological polar surface area (TPSA) is 78.5 Å². The molecule has 1 heterocycles. The SMILES string of the molecule is NC(CCCCB(O)O)C[C@H]1CCCN1. The fraction of sp³-hybridized carbons (Fsp3) is 1.00. The van der Waals surface area contributed by atoms with E-state index in [-0.39, 0.29) is 6.04 Å². The minimum atomic E-state index is -1.15. The highest BCUT2D eigenvalue weighted by Crippen LogP contribution is 2.13. The number of nitrogens with two attached hydrogens (primary N) is 1. The lowest BCUT2D eigenvalue weighted by Crippen LogP contribution is -2.31. The summed E-state index contributed by atoms with van der Waals surface area (Å²) in [5.41, 5.74) is 6.01. The maximum atomic E-state index is 8.66. The molecule has 15 heavy (non-hydrogen) atoms. The molecule has 5 heteroatoms. The molecule has 1 fully saturated rings. The molecule has 0 saturated carbocycles. The van der Waals surface area contributed by atoms with E-state index in [0.717, 1.165) is 32.2 Å². The summed E-state index contributed by atoms with van der Waals surface area (Å²) in [6.07, 6.45) is 6.88. The molecule has 1 saturated heterocycles. The average molecular weight is 214 g/mol. The number of rotatable bonds is 7. The fourth-order valence-electron chi connectivity index (χ4n) is 2.17. The van der Waals surface area contributed by atoms with Crippen molar-refractivity contribution >= 4 is 7.12 Å². The van der Waals surface area contributed by atoms with Crippen LogP contribution < -0.4 is 11.1 Å². The molecule has 0 radical (unpaired) electrons. The lowest BCUT2D eigenvalue weighted by Gasteiger charge is -2.16. The molecule has 4 nitrogen and oxygen atoms in total. The third-order valence-electron chi connectivity index (χ3n) is 3.04. The number of hydrogen-bond acceptors (Lipinski definition) is 4. The van der Waals surface area contributed by atoms with Crippen molar-refractivity contribution in [3.8, 4) is 0 Å². The first-order valence-corrected chi connectivity index (χ1v) is 6.03. The summed E-state index contributed by atoms with van der Waals surface area (Å²) in [5, 5.41) is 20.8. The van der Waals surface area contributed by atoms with Crippen molar-refractivity contribution in [2.24, 2.45) is 5.73 Å². The smallest absolute Gasteiger partial charge is 0.427 e. The van der Waals surface area contributed by atoms with Crippen LogP contribution in [0, 0.1) is 0 Å². The molecule has 5 N–H and O–H groups in total. The Morgan fingerprint density at radius 1 is 1.40 bits per heavy atom. The minimum absolute atomic E-state index is 0.261. The maximum absolute atomic E-state index is 8.66. The second-order valence-corrected chi connectivity index (χ2v) is 4.55. The number of unbranched alkanes of at least 4 members (excludes halogenated alkanes) is 1. The van der Waals surface area contributed by atoms with Crippen LogP contribution in [-0.2, 0) is 0 Å². The van der Waals surface area contributed by atoms with Gasteiger partial charge in [0.1, 0.15) is 0 Å². The lowest BCUT2D eigenvalue weighted by atomic mass is 9.83. The summed E-state index contributed by atoms with van der Waals surface area (Å²) < 4.78 is 0. The number of nitrogens with one attached hydrogen (secondary N) is 1. The highest BCUT2D eigenvalue weighted by molar-refractivity contribution is 6.40. The maximum Gasteiger partial charge on any atom is 0.451 e. The number of hydrogen-bond donors (Lipinski definition) is 4. The molecule has 0 aromatic rings. The van der Waals surface area contributed by atoms with Crippen molar-refractivity contribution in [3.63, 3.8) is 0 Å². The first kappa shape index (κ1) is 13.0. The predicted octanol–water partition coefficient (Wildman–Crippen LogP) is 0.0989. The molecule has 2 atom stereocenters. The summed E-state index contributed by atoms with van der Waals surface area (Å²) in [7, 11) is -1.15. The molecule has 0 aliphatic carbocycles. The van der Waals surface area contributed by atoms with E-state index in [9.17, 15) is 0 Å². The van der Waals surface area contributed by atoms with Gasteiger partial charge in [-0.2, -0.15) is 0 Å². The summed E-state index contributed by atoms with van der Waals surface area (Å²) in [6.45, 7) is 1.13. The van der Waals surface area contributed by atoms with E-state index in [4.69, 9.17) is 15.8 Å². The summed E-state index contributed by atoms with van der Waals surface area (Å²) in [5.74, 6) is 0. The third kappa shape index (κ3) is 6.15. The van der Waals surface area contributed by atoms with Gasteiger partial charge in [-0.1, -0.05) is 12.8 Å². The Balaban J connectivity index is 1.95. The monoisotopic (exact) mass is 214 g/mol. The van der Waals surface area contributed by atoms with Crippen molar-refractivity contribution in [2.45, 2.75) is 56.9 Å². The summed E-state index contributed by atoms with van der Waals surface area (Å²) in [4.78, 5) is 0. The summed E-state index contributed by atoms with van der Waals surface area (Å²) >= 11 is 0. The van der Waals surface area contributed by atoms with Crippen LogP contribution in [0.1, 0.15) is 38.5 Å². The zero-order chi connectivity index (χ0) is 11.1. The van der Waals surface area contributed by atoms with E-state index >= 15 is 0 Å². The molecule has 88 valence electrons. The van der Waals surface area contributed by atoms with Gasteiger partial charge in [0, 0.05) is 12.1 Å². The Bertz CT molecular complexity index is 164. The molecule has 0 aromatic carbocycles. The predicted molar refractivity (Wildman–Crippen MR) is 62.5 cm³/mol. The molecule has 1 aliphatic rings. The quantitative estimate of drug-likeness (QED) is 0.358. The van der Waals surface area contributed by atoms with E-state index < -0.39 is 7.12 Å². The Labute approximate surface area is 92.4 Å². The Hall–Kier alpha value is -0.0951. The molecule has 1 unspecified atom stereocenters. The first-order valence-electron chi connectivity index (χ1n) is 6.03. The van der Waals surface area contributed by atoms with Gasteiger partial charge < -0.3 is 21.1 Å². The standard InChI is InChI=1S/C10H23BN2O2/c12-9(4-1-2-6-11(14)15)8-10-5-3-7-13-10/h9-10,13-15H,1-8,12H2/t9?,10-/m1/s1. The zero-order valence-corrected chi connectivity index (χ0v) is 9.36. The van der Waals surface area contributed by atoms with Crippen LogP contribution >= 0.6 is 0 Å². The molecule has 0 spiro atoms. The van der Waals surface area contributed by atoms with Crippen molar-refractivity contribution < 1.29 is 10.0 Å². The van der Waals surface area contributed by atoms with Gasteiger partial charge in [0.15, 0.2) is 0 Å². The molecule has 1 aliphatic heterocycles. The van der Waals surface area contributed by atoms with E-state index in [2.05, 4.69) is 5.32 Å². The highest BCUT2D eigenvalue weighted by atomic mass is 16.4. The molecule has 0 bridgehead atoms. The lowest BCUT2D eigenvalue weighted by molar-refractivity contribution is 0.398. The molecule has 0 amide bonds. The van der Waals surface area contributed by atoms with Gasteiger partial charge >= 0.3 is 7.12 Å². The van der Waals surface area contributed by atoms with Gasteiger partial charge in [-0.3, -0.25) is 0 Å². The van der Waals surface area contributed by atoms with E-state index in [1.165, 1.54) is 12.8 Å². The van der Waals surface area contributed by atoms with E-state index in [1.54, 1.807) is 0 Å². The van der Waals surface area contributed by atoms with E-state index in [0.29, 0.717) is 12.4 Å². The van der Waals surface area contributed by atoms with Gasteiger partial charge in [0.2, 0.25) is 0 Å². The third-order valence-corrected chi connectivity index (χ3v) is 3.04.